The number of methoxy groups -OCH3 is 3. The second kappa shape index (κ2) is 12.7. The summed E-state index contributed by atoms with van der Waals surface area (Å²) in [6.07, 6.45) is 0. The molecule has 0 N–H and O–H groups in total. The lowest BCUT2D eigenvalue weighted by Gasteiger charge is -2.15. The van der Waals surface area contributed by atoms with Crippen molar-refractivity contribution in [1.29, 1.82) is 0 Å². The van der Waals surface area contributed by atoms with Crippen LogP contribution in [0.2, 0.25) is 0 Å². The summed E-state index contributed by atoms with van der Waals surface area (Å²) in [6.45, 7) is 2.89. The molecule has 6 nitrogen and oxygen atoms in total. The molecular formula is C11H24O6Si. The molecule has 0 aliphatic carbocycles. The van der Waals surface area contributed by atoms with Gasteiger partial charge in [0.1, 0.15) is 25.2 Å². The third-order valence-electron chi connectivity index (χ3n) is 1.93. The minimum Gasteiger partial charge on any atom is -0.494 e. The Bertz CT molecular complexity index is 210. The van der Waals surface area contributed by atoms with Gasteiger partial charge < -0.3 is 28.4 Å². The molecule has 108 valence electrons. The smallest absolute Gasteiger partial charge is 0.312 e. The summed E-state index contributed by atoms with van der Waals surface area (Å²) in [5.74, 6) is 0.423. The molecule has 0 atom stereocenters. The average molecular weight is 280 g/mol. The number of hydrogen-bond acceptors (Lipinski definition) is 6. The molecule has 0 aromatic carbocycles. The zero-order valence-electron chi connectivity index (χ0n) is 11.7. The van der Waals surface area contributed by atoms with Crippen LogP contribution in [0.4, 0.5) is 0 Å². The standard InChI is InChI=1S/C11H24O6Si/c1-12-4-7-15-10(16-8-5-13-2)11(18)17-9-6-14-3/h4-9H2,1-3,18H3. The monoisotopic (exact) mass is 280 g/mol. The highest BCUT2D eigenvalue weighted by molar-refractivity contribution is 6.20. The summed E-state index contributed by atoms with van der Waals surface area (Å²) < 4.78 is 31.2. The molecule has 0 fully saturated rings. The Labute approximate surface area is 112 Å². The molecule has 0 aliphatic heterocycles. The first-order valence-corrected chi connectivity index (χ1v) is 6.82. The molecule has 0 amide bonds. The van der Waals surface area contributed by atoms with Crippen LogP contribution in [-0.2, 0) is 28.4 Å². The Kier molecular flexibility index (Phi) is 12.1. The van der Waals surface area contributed by atoms with Crippen LogP contribution in [0.15, 0.2) is 11.3 Å². The highest BCUT2D eigenvalue weighted by atomic mass is 28.1. The van der Waals surface area contributed by atoms with Gasteiger partial charge in [0.05, 0.1) is 30.1 Å². The van der Waals surface area contributed by atoms with E-state index in [-0.39, 0.29) is 0 Å². The van der Waals surface area contributed by atoms with E-state index in [1.54, 1.807) is 21.3 Å². The topological polar surface area (TPSA) is 55.4 Å². The first-order valence-electron chi connectivity index (χ1n) is 5.82. The SMILES string of the molecule is COCCOC([SiH3])=C(OCCOC)OCCOC. The summed E-state index contributed by atoms with van der Waals surface area (Å²) >= 11 is 0. The normalized spacial score (nSPS) is 10.2. The summed E-state index contributed by atoms with van der Waals surface area (Å²) in [7, 11) is 5.57. The van der Waals surface area contributed by atoms with Crippen molar-refractivity contribution < 1.29 is 28.4 Å². The summed E-state index contributed by atoms with van der Waals surface area (Å²) in [6, 6.07) is 0. The fourth-order valence-corrected chi connectivity index (χ4v) is 1.51. The van der Waals surface area contributed by atoms with E-state index in [0.717, 1.165) is 5.38 Å². The van der Waals surface area contributed by atoms with Crippen molar-refractivity contribution >= 4 is 10.2 Å². The van der Waals surface area contributed by atoms with Crippen LogP contribution in [0.25, 0.3) is 0 Å². The molecule has 0 aromatic heterocycles. The maximum absolute atomic E-state index is 5.49. The lowest BCUT2D eigenvalue weighted by atomic mass is 10.7. The predicted molar refractivity (Wildman–Crippen MR) is 70.4 cm³/mol. The zero-order chi connectivity index (χ0) is 13.6. The van der Waals surface area contributed by atoms with Crippen LogP contribution in [0, 0.1) is 0 Å². The van der Waals surface area contributed by atoms with Gasteiger partial charge in [-0.1, -0.05) is 0 Å². The molecule has 0 bridgehead atoms. The fraction of sp³-hybridized carbons (Fsp3) is 0.818. The molecule has 0 rings (SSSR count). The van der Waals surface area contributed by atoms with Gasteiger partial charge in [0.25, 0.3) is 0 Å². The predicted octanol–water partition coefficient (Wildman–Crippen LogP) is -0.533. The highest BCUT2D eigenvalue weighted by Gasteiger charge is 2.07. The summed E-state index contributed by atoms with van der Waals surface area (Å²) in [5.41, 5.74) is 0. The number of hydrogen-bond donors (Lipinski definition) is 0. The largest absolute Gasteiger partial charge is 0.494 e. The Morgan fingerprint density at radius 3 is 1.44 bits per heavy atom. The van der Waals surface area contributed by atoms with Crippen LogP contribution in [0.3, 0.4) is 0 Å². The third-order valence-corrected chi connectivity index (χ3v) is 2.63. The molecule has 0 heterocycles. The van der Waals surface area contributed by atoms with Gasteiger partial charge in [0.15, 0.2) is 0 Å². The van der Waals surface area contributed by atoms with Crippen molar-refractivity contribution in [2.75, 3.05) is 61.0 Å². The van der Waals surface area contributed by atoms with E-state index in [9.17, 15) is 0 Å². The van der Waals surface area contributed by atoms with Gasteiger partial charge in [-0.15, -0.1) is 0 Å². The maximum atomic E-state index is 5.49. The van der Waals surface area contributed by atoms with Crippen molar-refractivity contribution in [3.8, 4) is 0 Å². The fourth-order valence-electron chi connectivity index (χ4n) is 1.02. The highest BCUT2D eigenvalue weighted by Crippen LogP contribution is 2.07. The van der Waals surface area contributed by atoms with Gasteiger partial charge in [-0.3, -0.25) is 0 Å². The molecule has 0 saturated heterocycles. The lowest BCUT2D eigenvalue weighted by Crippen LogP contribution is -2.12. The van der Waals surface area contributed by atoms with Gasteiger partial charge in [0, 0.05) is 21.3 Å². The number of ether oxygens (including phenoxy) is 6. The van der Waals surface area contributed by atoms with Crippen molar-refractivity contribution in [3.05, 3.63) is 11.3 Å². The van der Waals surface area contributed by atoms with E-state index >= 15 is 0 Å². The average Bonchev–Trinajstić information content (AvgIpc) is 2.37. The minimum absolute atomic E-state index is 0.423. The van der Waals surface area contributed by atoms with Crippen molar-refractivity contribution in [3.63, 3.8) is 0 Å². The Morgan fingerprint density at radius 2 is 1.06 bits per heavy atom. The van der Waals surface area contributed by atoms with E-state index in [1.807, 2.05) is 0 Å². The van der Waals surface area contributed by atoms with Gasteiger partial charge in [-0.05, 0) is 0 Å². The molecular weight excluding hydrogens is 256 g/mol. The van der Waals surface area contributed by atoms with E-state index in [4.69, 9.17) is 28.4 Å². The van der Waals surface area contributed by atoms with Crippen molar-refractivity contribution in [2.45, 2.75) is 0 Å². The van der Waals surface area contributed by atoms with Crippen LogP contribution in [0.5, 0.6) is 0 Å². The van der Waals surface area contributed by atoms with Crippen molar-refractivity contribution in [2.24, 2.45) is 0 Å². The van der Waals surface area contributed by atoms with Crippen LogP contribution in [0.1, 0.15) is 0 Å². The lowest BCUT2D eigenvalue weighted by molar-refractivity contribution is -0.0156. The van der Waals surface area contributed by atoms with Crippen LogP contribution in [-0.4, -0.2) is 71.2 Å². The van der Waals surface area contributed by atoms with Gasteiger partial charge in [-0.2, -0.15) is 0 Å². The quantitative estimate of drug-likeness (QED) is 0.272. The van der Waals surface area contributed by atoms with Gasteiger partial charge >= 0.3 is 5.95 Å². The zero-order valence-corrected chi connectivity index (χ0v) is 13.7. The van der Waals surface area contributed by atoms with Crippen LogP contribution >= 0.6 is 0 Å². The Hall–Kier alpha value is -0.763. The Balaban J connectivity index is 4.16. The molecule has 0 saturated carbocycles. The van der Waals surface area contributed by atoms with E-state index < -0.39 is 0 Å². The second-order valence-electron chi connectivity index (χ2n) is 3.37. The van der Waals surface area contributed by atoms with E-state index in [0.29, 0.717) is 55.8 Å². The summed E-state index contributed by atoms with van der Waals surface area (Å²) in [4.78, 5) is 0. The Morgan fingerprint density at radius 1 is 0.667 bits per heavy atom. The molecule has 7 heteroatoms. The molecule has 18 heavy (non-hydrogen) atoms. The van der Waals surface area contributed by atoms with Gasteiger partial charge in [-0.25, -0.2) is 0 Å². The molecule has 0 aromatic rings. The molecule has 0 radical (unpaired) electrons. The third kappa shape index (κ3) is 9.29. The van der Waals surface area contributed by atoms with E-state index in [1.165, 1.54) is 0 Å². The van der Waals surface area contributed by atoms with Crippen molar-refractivity contribution in [1.82, 2.24) is 0 Å². The first kappa shape index (κ1) is 17.2. The second-order valence-corrected chi connectivity index (χ2v) is 4.28. The minimum atomic E-state index is 0.423. The molecule has 0 unspecified atom stereocenters. The van der Waals surface area contributed by atoms with Gasteiger partial charge in [0.2, 0.25) is 0 Å². The van der Waals surface area contributed by atoms with E-state index in [2.05, 4.69) is 0 Å². The summed E-state index contributed by atoms with van der Waals surface area (Å²) in [5, 5.41) is 0.722. The molecule has 0 spiro atoms. The molecule has 0 aliphatic rings. The maximum Gasteiger partial charge on any atom is 0.312 e. The van der Waals surface area contributed by atoms with Crippen LogP contribution < -0.4 is 0 Å². The first-order chi connectivity index (χ1) is 8.76. The number of rotatable bonds is 12.